The van der Waals surface area contributed by atoms with E-state index >= 15 is 0 Å². The van der Waals surface area contributed by atoms with Crippen molar-refractivity contribution in [1.29, 1.82) is 0 Å². The van der Waals surface area contributed by atoms with Gasteiger partial charge < -0.3 is 4.74 Å². The molecule has 3 nitrogen and oxygen atoms in total. The Morgan fingerprint density at radius 3 is 2.41 bits per heavy atom. The van der Waals surface area contributed by atoms with Gasteiger partial charge in [0.15, 0.2) is 0 Å². The molecule has 7 heteroatoms. The highest BCUT2D eigenvalue weighted by molar-refractivity contribution is 8.13. The molecule has 1 rings (SSSR count). The van der Waals surface area contributed by atoms with E-state index in [1.165, 1.54) is 12.1 Å². The smallest absolute Gasteiger partial charge is 0.262 e. The molecule has 0 amide bonds. The Kier molecular flexibility index (Phi) is 4.72. The van der Waals surface area contributed by atoms with Gasteiger partial charge in [-0.3, -0.25) is 0 Å². The minimum absolute atomic E-state index is 0.00194. The molecule has 1 unspecified atom stereocenters. The minimum Gasteiger partial charge on any atom is -0.485 e. The van der Waals surface area contributed by atoms with Gasteiger partial charge in [-0.25, -0.2) is 8.42 Å². The van der Waals surface area contributed by atoms with Gasteiger partial charge in [0.2, 0.25) is 0 Å². The molecule has 0 spiro atoms. The predicted molar refractivity (Wildman–Crippen MR) is 69.8 cm³/mol. The van der Waals surface area contributed by atoms with Crippen LogP contribution in [0.4, 0.5) is 0 Å². The Morgan fingerprint density at radius 1 is 1.35 bits per heavy atom. The molecule has 0 fully saturated rings. The Bertz CT molecular complexity index is 540. The van der Waals surface area contributed by atoms with E-state index in [-0.39, 0.29) is 26.8 Å². The van der Waals surface area contributed by atoms with Crippen LogP contribution in [0.15, 0.2) is 29.7 Å². The molecule has 0 aliphatic carbocycles. The Hall–Kier alpha value is -0.420. The summed E-state index contributed by atoms with van der Waals surface area (Å²) in [6.45, 7) is 5.30. The van der Waals surface area contributed by atoms with Gasteiger partial charge in [-0.2, -0.15) is 0 Å². The van der Waals surface area contributed by atoms with Gasteiger partial charge >= 0.3 is 0 Å². The molecule has 1 aromatic rings. The van der Waals surface area contributed by atoms with Crippen molar-refractivity contribution in [3.05, 3.63) is 34.8 Å². The maximum absolute atomic E-state index is 11.2. The Morgan fingerprint density at radius 2 is 1.94 bits per heavy atom. The van der Waals surface area contributed by atoms with Gasteiger partial charge in [-0.05, 0) is 19.1 Å². The van der Waals surface area contributed by atoms with Crippen molar-refractivity contribution in [2.45, 2.75) is 17.9 Å². The standard InChI is InChI=1S/C10H9Cl3O3S/c1-3-6(2)16-7-4-5-8(17(13,14)15)10(12)9(7)11/h3-6H,1H2,2H3. The van der Waals surface area contributed by atoms with Crippen LogP contribution in [-0.2, 0) is 9.05 Å². The van der Waals surface area contributed by atoms with E-state index in [0.29, 0.717) is 0 Å². The van der Waals surface area contributed by atoms with Gasteiger partial charge in [-0.15, -0.1) is 0 Å². The highest BCUT2D eigenvalue weighted by atomic mass is 35.7. The first-order chi connectivity index (χ1) is 7.77. The molecule has 94 valence electrons. The fourth-order valence-corrected chi connectivity index (χ4v) is 2.82. The lowest BCUT2D eigenvalue weighted by molar-refractivity contribution is 0.270. The van der Waals surface area contributed by atoms with Gasteiger partial charge in [0, 0.05) is 10.7 Å². The van der Waals surface area contributed by atoms with Crippen molar-refractivity contribution in [3.63, 3.8) is 0 Å². The van der Waals surface area contributed by atoms with Crippen molar-refractivity contribution in [1.82, 2.24) is 0 Å². The molecular formula is C10H9Cl3O3S. The van der Waals surface area contributed by atoms with Gasteiger partial charge in [0.1, 0.15) is 21.8 Å². The molecule has 0 aromatic heterocycles. The molecular weight excluding hydrogens is 307 g/mol. The molecule has 0 N–H and O–H groups in total. The summed E-state index contributed by atoms with van der Waals surface area (Å²) >= 11 is 11.7. The lowest BCUT2D eigenvalue weighted by Gasteiger charge is -2.13. The first kappa shape index (κ1) is 14.6. The fourth-order valence-electron chi connectivity index (χ4n) is 1.04. The number of ether oxygens (including phenoxy) is 1. The van der Waals surface area contributed by atoms with Crippen LogP contribution in [0, 0.1) is 0 Å². The molecule has 0 saturated carbocycles. The molecule has 1 aromatic carbocycles. The van der Waals surface area contributed by atoms with Gasteiger partial charge in [0.05, 0.1) is 5.02 Å². The predicted octanol–water partition coefficient (Wildman–Crippen LogP) is 3.87. The highest BCUT2D eigenvalue weighted by Crippen LogP contribution is 2.38. The van der Waals surface area contributed by atoms with Crippen LogP contribution in [0.5, 0.6) is 5.75 Å². The Balaban J connectivity index is 3.25. The summed E-state index contributed by atoms with van der Waals surface area (Å²) in [4.78, 5) is -0.246. The van der Waals surface area contributed by atoms with E-state index in [2.05, 4.69) is 6.58 Å². The second-order valence-electron chi connectivity index (χ2n) is 3.19. The van der Waals surface area contributed by atoms with E-state index < -0.39 is 9.05 Å². The third-order valence-electron chi connectivity index (χ3n) is 1.92. The second-order valence-corrected chi connectivity index (χ2v) is 6.48. The van der Waals surface area contributed by atoms with Crippen LogP contribution >= 0.6 is 33.9 Å². The monoisotopic (exact) mass is 314 g/mol. The lowest BCUT2D eigenvalue weighted by Crippen LogP contribution is -2.08. The van der Waals surface area contributed by atoms with Crippen LogP contribution in [0.3, 0.4) is 0 Å². The molecule has 0 saturated heterocycles. The zero-order chi connectivity index (χ0) is 13.2. The van der Waals surface area contributed by atoms with Crippen molar-refractivity contribution >= 4 is 42.9 Å². The van der Waals surface area contributed by atoms with Crippen LogP contribution in [-0.4, -0.2) is 14.5 Å². The van der Waals surface area contributed by atoms with E-state index in [4.69, 9.17) is 38.6 Å². The van der Waals surface area contributed by atoms with Crippen molar-refractivity contribution in [3.8, 4) is 5.75 Å². The molecule has 0 aliphatic rings. The molecule has 1 atom stereocenters. The zero-order valence-corrected chi connectivity index (χ0v) is 11.9. The third-order valence-corrected chi connectivity index (χ3v) is 4.26. The highest BCUT2D eigenvalue weighted by Gasteiger charge is 2.20. The number of halogens is 3. The summed E-state index contributed by atoms with van der Waals surface area (Å²) in [5.74, 6) is 0.271. The van der Waals surface area contributed by atoms with E-state index in [9.17, 15) is 8.42 Å². The topological polar surface area (TPSA) is 43.4 Å². The molecule has 0 heterocycles. The first-order valence-corrected chi connectivity index (χ1v) is 7.55. The zero-order valence-electron chi connectivity index (χ0n) is 8.78. The summed E-state index contributed by atoms with van der Waals surface area (Å²) in [7, 11) is 1.27. The SMILES string of the molecule is C=CC(C)Oc1ccc(S(=O)(=O)Cl)c(Cl)c1Cl. The van der Waals surface area contributed by atoms with Crippen LogP contribution < -0.4 is 4.74 Å². The maximum Gasteiger partial charge on any atom is 0.262 e. The number of benzene rings is 1. The van der Waals surface area contributed by atoms with Crippen molar-refractivity contribution < 1.29 is 13.2 Å². The summed E-state index contributed by atoms with van der Waals surface area (Å²) < 4.78 is 27.7. The third kappa shape index (κ3) is 3.52. The molecule has 0 aliphatic heterocycles. The number of rotatable bonds is 4. The summed E-state index contributed by atoms with van der Waals surface area (Å²) in [5, 5.41) is -0.155. The van der Waals surface area contributed by atoms with Crippen molar-refractivity contribution in [2.24, 2.45) is 0 Å². The average Bonchev–Trinajstić information content (AvgIpc) is 2.22. The first-order valence-electron chi connectivity index (χ1n) is 4.49. The van der Waals surface area contributed by atoms with E-state index in [0.717, 1.165) is 0 Å². The molecule has 0 bridgehead atoms. The van der Waals surface area contributed by atoms with Gasteiger partial charge in [-0.1, -0.05) is 35.9 Å². The Labute approximate surface area is 114 Å². The van der Waals surface area contributed by atoms with Crippen LogP contribution in [0.2, 0.25) is 10.0 Å². The second kappa shape index (κ2) is 5.48. The lowest BCUT2D eigenvalue weighted by atomic mass is 10.3. The average molecular weight is 316 g/mol. The van der Waals surface area contributed by atoms with Crippen LogP contribution in [0.25, 0.3) is 0 Å². The van der Waals surface area contributed by atoms with Crippen LogP contribution in [0.1, 0.15) is 6.92 Å². The van der Waals surface area contributed by atoms with Crippen molar-refractivity contribution in [2.75, 3.05) is 0 Å². The quantitative estimate of drug-likeness (QED) is 0.625. The number of hydrogen-bond donors (Lipinski definition) is 0. The fraction of sp³-hybridized carbons (Fsp3) is 0.200. The molecule has 17 heavy (non-hydrogen) atoms. The summed E-state index contributed by atoms with van der Waals surface area (Å²) in [5.41, 5.74) is 0. The maximum atomic E-state index is 11.2. The van der Waals surface area contributed by atoms with Gasteiger partial charge in [0.25, 0.3) is 9.05 Å². The largest absolute Gasteiger partial charge is 0.485 e. The summed E-state index contributed by atoms with van der Waals surface area (Å²) in [6, 6.07) is 2.63. The number of hydrogen-bond acceptors (Lipinski definition) is 3. The minimum atomic E-state index is -3.93. The van der Waals surface area contributed by atoms with E-state index in [1.54, 1.807) is 13.0 Å². The normalized spacial score (nSPS) is 13.2. The molecule has 0 radical (unpaired) electrons. The summed E-state index contributed by atoms with van der Waals surface area (Å²) in [6.07, 6.45) is 1.29. The van der Waals surface area contributed by atoms with E-state index in [1.807, 2.05) is 0 Å².